The van der Waals surface area contributed by atoms with E-state index in [1.807, 2.05) is 6.92 Å². The molecule has 1 aromatic carbocycles. The minimum Gasteiger partial charge on any atom is -0.389 e. The molecule has 0 spiro atoms. The van der Waals surface area contributed by atoms with Crippen molar-refractivity contribution in [2.45, 2.75) is 51.0 Å². The van der Waals surface area contributed by atoms with Crippen LogP contribution in [0.15, 0.2) is 24.3 Å². The molecule has 0 fully saturated rings. The largest absolute Gasteiger partial charge is 0.389 e. The minimum atomic E-state index is -0.675. The Morgan fingerprint density at radius 2 is 2.10 bits per heavy atom. The number of hydrogen-bond donors (Lipinski definition) is 2. The molecule has 0 saturated heterocycles. The maximum Gasteiger partial charge on any atom is 0.0767 e. The van der Waals surface area contributed by atoms with E-state index in [-0.39, 0.29) is 0 Å². The Bertz CT molecular complexity index is 415. The molecule has 0 radical (unpaired) electrons. The van der Waals surface area contributed by atoms with Crippen LogP contribution in [0.2, 0.25) is 0 Å². The predicted octanol–water partition coefficient (Wildman–Crippen LogP) is 2.71. The molecule has 3 heteroatoms. The molecule has 3 N–H and O–H groups in total. The Kier molecular flexibility index (Phi) is 5.44. The average Bonchev–Trinajstić information content (AvgIpc) is 2.70. The molecule has 112 valence electrons. The molecule has 1 heterocycles. The van der Waals surface area contributed by atoms with Gasteiger partial charge in [-0.1, -0.05) is 25.1 Å². The van der Waals surface area contributed by atoms with E-state index in [1.54, 1.807) is 0 Å². The van der Waals surface area contributed by atoms with Gasteiger partial charge in [0.2, 0.25) is 0 Å². The SMILES string of the molecule is CCC(O)(CN)CCCN1CCCCc2ccccc21. The van der Waals surface area contributed by atoms with Crippen molar-refractivity contribution in [1.29, 1.82) is 0 Å². The van der Waals surface area contributed by atoms with Gasteiger partial charge in [0.1, 0.15) is 0 Å². The van der Waals surface area contributed by atoms with Crippen LogP contribution >= 0.6 is 0 Å². The summed E-state index contributed by atoms with van der Waals surface area (Å²) >= 11 is 0. The summed E-state index contributed by atoms with van der Waals surface area (Å²) in [5, 5.41) is 10.3. The van der Waals surface area contributed by atoms with Gasteiger partial charge in [-0.05, 0) is 50.2 Å². The lowest BCUT2D eigenvalue weighted by Crippen LogP contribution is -2.38. The number of nitrogens with two attached hydrogens (primary N) is 1. The molecule has 20 heavy (non-hydrogen) atoms. The van der Waals surface area contributed by atoms with Gasteiger partial charge >= 0.3 is 0 Å². The first-order chi connectivity index (χ1) is 9.68. The van der Waals surface area contributed by atoms with Crippen LogP contribution in [-0.2, 0) is 6.42 Å². The Morgan fingerprint density at radius 3 is 2.85 bits per heavy atom. The molecular weight excluding hydrogens is 248 g/mol. The smallest absolute Gasteiger partial charge is 0.0767 e. The fraction of sp³-hybridized carbons (Fsp3) is 0.647. The third kappa shape index (κ3) is 3.74. The first-order valence-corrected chi connectivity index (χ1v) is 7.94. The first kappa shape index (κ1) is 15.3. The molecule has 1 atom stereocenters. The fourth-order valence-corrected chi connectivity index (χ4v) is 3.02. The maximum absolute atomic E-state index is 10.3. The van der Waals surface area contributed by atoms with E-state index in [1.165, 1.54) is 30.5 Å². The van der Waals surface area contributed by atoms with Crippen molar-refractivity contribution in [3.8, 4) is 0 Å². The standard InChI is InChI=1S/C17H28N2O/c1-2-17(20,14-18)11-7-13-19-12-6-5-9-15-8-3-4-10-16(15)19/h3-4,8,10,20H,2,5-7,9,11-14,18H2,1H3. The van der Waals surface area contributed by atoms with Gasteiger partial charge in [-0.25, -0.2) is 0 Å². The summed E-state index contributed by atoms with van der Waals surface area (Å²) in [6.07, 6.45) is 6.24. The molecule has 0 bridgehead atoms. The molecule has 0 aliphatic carbocycles. The second-order valence-electron chi connectivity index (χ2n) is 5.96. The monoisotopic (exact) mass is 276 g/mol. The number of aliphatic hydroxyl groups is 1. The van der Waals surface area contributed by atoms with Crippen molar-refractivity contribution in [1.82, 2.24) is 0 Å². The van der Waals surface area contributed by atoms with Gasteiger partial charge in [0.15, 0.2) is 0 Å². The lowest BCUT2D eigenvalue weighted by atomic mass is 9.94. The van der Waals surface area contributed by atoms with E-state index in [0.717, 1.165) is 32.4 Å². The van der Waals surface area contributed by atoms with Crippen molar-refractivity contribution in [3.05, 3.63) is 29.8 Å². The summed E-state index contributed by atoms with van der Waals surface area (Å²) < 4.78 is 0. The molecule has 1 unspecified atom stereocenters. The normalized spacial score (nSPS) is 18.2. The Hall–Kier alpha value is -1.06. The van der Waals surface area contributed by atoms with Crippen LogP contribution in [0, 0.1) is 0 Å². The van der Waals surface area contributed by atoms with E-state index >= 15 is 0 Å². The maximum atomic E-state index is 10.3. The molecule has 3 nitrogen and oxygen atoms in total. The zero-order valence-corrected chi connectivity index (χ0v) is 12.6. The highest BCUT2D eigenvalue weighted by Crippen LogP contribution is 2.27. The van der Waals surface area contributed by atoms with Crippen LogP contribution < -0.4 is 10.6 Å². The van der Waals surface area contributed by atoms with Crippen LogP contribution in [-0.4, -0.2) is 30.3 Å². The Morgan fingerprint density at radius 1 is 1.30 bits per heavy atom. The summed E-state index contributed by atoms with van der Waals surface area (Å²) in [5.41, 5.74) is 7.85. The van der Waals surface area contributed by atoms with E-state index in [0.29, 0.717) is 6.54 Å². The number of aryl methyl sites for hydroxylation is 1. The topological polar surface area (TPSA) is 49.5 Å². The first-order valence-electron chi connectivity index (χ1n) is 7.94. The fourth-order valence-electron chi connectivity index (χ4n) is 3.02. The Labute approximate surface area is 122 Å². The predicted molar refractivity (Wildman–Crippen MR) is 85.1 cm³/mol. The highest BCUT2D eigenvalue weighted by atomic mass is 16.3. The summed E-state index contributed by atoms with van der Waals surface area (Å²) in [6, 6.07) is 8.73. The second-order valence-corrected chi connectivity index (χ2v) is 5.96. The third-order valence-electron chi connectivity index (χ3n) is 4.56. The zero-order chi connectivity index (χ0) is 14.4. The third-order valence-corrected chi connectivity index (χ3v) is 4.56. The lowest BCUT2D eigenvalue weighted by Gasteiger charge is -2.29. The number of anilines is 1. The highest BCUT2D eigenvalue weighted by Gasteiger charge is 2.23. The molecule has 2 rings (SSSR count). The van der Waals surface area contributed by atoms with Crippen molar-refractivity contribution in [2.75, 3.05) is 24.5 Å². The van der Waals surface area contributed by atoms with Crippen molar-refractivity contribution in [3.63, 3.8) is 0 Å². The van der Waals surface area contributed by atoms with Crippen molar-refractivity contribution < 1.29 is 5.11 Å². The average molecular weight is 276 g/mol. The number of benzene rings is 1. The molecular formula is C17H28N2O. The van der Waals surface area contributed by atoms with Gasteiger partial charge in [-0.15, -0.1) is 0 Å². The number of rotatable bonds is 6. The quantitative estimate of drug-likeness (QED) is 0.840. The van der Waals surface area contributed by atoms with Gasteiger partial charge in [0.05, 0.1) is 5.60 Å². The second kappa shape index (κ2) is 7.09. The van der Waals surface area contributed by atoms with Gasteiger partial charge < -0.3 is 15.7 Å². The summed E-state index contributed by atoms with van der Waals surface area (Å²) in [4.78, 5) is 2.48. The Balaban J connectivity index is 1.96. The van der Waals surface area contributed by atoms with E-state index in [4.69, 9.17) is 5.73 Å². The number of nitrogens with zero attached hydrogens (tertiary/aromatic N) is 1. The highest BCUT2D eigenvalue weighted by molar-refractivity contribution is 5.54. The van der Waals surface area contributed by atoms with Crippen LogP contribution in [0.25, 0.3) is 0 Å². The van der Waals surface area contributed by atoms with Crippen molar-refractivity contribution in [2.24, 2.45) is 5.73 Å². The number of hydrogen-bond acceptors (Lipinski definition) is 3. The summed E-state index contributed by atoms with van der Waals surface area (Å²) in [7, 11) is 0. The van der Waals surface area contributed by atoms with Crippen LogP contribution in [0.4, 0.5) is 5.69 Å². The summed E-state index contributed by atoms with van der Waals surface area (Å²) in [5.74, 6) is 0. The van der Waals surface area contributed by atoms with Gasteiger partial charge in [-0.3, -0.25) is 0 Å². The van der Waals surface area contributed by atoms with Gasteiger partial charge in [0, 0.05) is 25.3 Å². The van der Waals surface area contributed by atoms with Gasteiger partial charge in [-0.2, -0.15) is 0 Å². The molecule has 1 aliphatic rings. The van der Waals surface area contributed by atoms with E-state index in [9.17, 15) is 5.11 Å². The zero-order valence-electron chi connectivity index (χ0n) is 12.6. The molecule has 1 aromatic rings. The molecule has 0 amide bonds. The van der Waals surface area contributed by atoms with Crippen molar-refractivity contribution >= 4 is 5.69 Å². The molecule has 1 aliphatic heterocycles. The molecule has 0 saturated carbocycles. The van der Waals surface area contributed by atoms with E-state index < -0.39 is 5.60 Å². The number of para-hydroxylation sites is 1. The molecule has 0 aromatic heterocycles. The summed E-state index contributed by atoms with van der Waals surface area (Å²) in [6.45, 7) is 4.51. The minimum absolute atomic E-state index is 0.361. The number of fused-ring (bicyclic) bond motifs is 1. The van der Waals surface area contributed by atoms with E-state index in [2.05, 4.69) is 29.2 Å². The van der Waals surface area contributed by atoms with Crippen LogP contribution in [0.5, 0.6) is 0 Å². The van der Waals surface area contributed by atoms with Gasteiger partial charge in [0.25, 0.3) is 0 Å². The van der Waals surface area contributed by atoms with Crippen LogP contribution in [0.3, 0.4) is 0 Å². The van der Waals surface area contributed by atoms with Crippen LogP contribution in [0.1, 0.15) is 44.6 Å². The lowest BCUT2D eigenvalue weighted by molar-refractivity contribution is 0.0349.